The molecule has 0 radical (unpaired) electrons. The molecule has 0 spiro atoms. The van der Waals surface area contributed by atoms with Crippen LogP contribution in [0.3, 0.4) is 0 Å². The quantitative estimate of drug-likeness (QED) is 0.314. The smallest absolute Gasteiger partial charge is 0.326 e. The third-order valence-electron chi connectivity index (χ3n) is 5.80. The monoisotopic (exact) mass is 470 g/mol. The molecule has 0 bridgehead atoms. The molecular weight excluding hydrogens is 440 g/mol. The van der Waals surface area contributed by atoms with Crippen LogP contribution in [0.1, 0.15) is 31.0 Å². The van der Waals surface area contributed by atoms with Crippen molar-refractivity contribution in [3.8, 4) is 0 Å². The molecule has 1 aromatic heterocycles. The van der Waals surface area contributed by atoms with E-state index >= 15 is 0 Å². The van der Waals surface area contributed by atoms with E-state index in [1.807, 2.05) is 30.3 Å². The zero-order valence-electron chi connectivity index (χ0n) is 18.9. The molecule has 3 amide bonds. The molecule has 11 nitrogen and oxygen atoms in total. The number of hydrogen-bond donors (Lipinski definition) is 5. The molecule has 0 aliphatic carbocycles. The number of nitrogens with zero attached hydrogens (tertiary/aromatic N) is 2. The third-order valence-corrected chi connectivity index (χ3v) is 5.80. The van der Waals surface area contributed by atoms with Gasteiger partial charge in [-0.2, -0.15) is 0 Å². The molecule has 6 N–H and O–H groups in total. The molecule has 0 saturated carbocycles. The van der Waals surface area contributed by atoms with Gasteiger partial charge in [-0.25, -0.2) is 9.78 Å². The number of aliphatic carboxylic acids is 1. The zero-order valence-corrected chi connectivity index (χ0v) is 18.9. The second-order valence-electron chi connectivity index (χ2n) is 8.40. The summed E-state index contributed by atoms with van der Waals surface area (Å²) in [5.74, 6) is -2.64. The first-order chi connectivity index (χ1) is 16.3. The lowest BCUT2D eigenvalue weighted by atomic mass is 10.0. The van der Waals surface area contributed by atoms with Crippen LogP contribution in [0, 0.1) is 0 Å². The number of nitrogens with two attached hydrogens (primary N) is 1. The maximum Gasteiger partial charge on any atom is 0.326 e. The second-order valence-corrected chi connectivity index (χ2v) is 8.40. The zero-order chi connectivity index (χ0) is 24.7. The van der Waals surface area contributed by atoms with Gasteiger partial charge in [0, 0.05) is 24.9 Å². The molecule has 1 fully saturated rings. The summed E-state index contributed by atoms with van der Waals surface area (Å²) in [5.41, 5.74) is 7.57. The predicted octanol–water partition coefficient (Wildman–Crippen LogP) is -0.413. The van der Waals surface area contributed by atoms with E-state index in [2.05, 4.69) is 20.6 Å². The summed E-state index contributed by atoms with van der Waals surface area (Å²) >= 11 is 0. The van der Waals surface area contributed by atoms with Gasteiger partial charge in [0.15, 0.2) is 0 Å². The molecule has 34 heavy (non-hydrogen) atoms. The van der Waals surface area contributed by atoms with Gasteiger partial charge in [0.1, 0.15) is 18.1 Å². The fourth-order valence-corrected chi connectivity index (χ4v) is 3.98. The molecule has 1 aromatic carbocycles. The number of carboxylic acid groups (broad SMARTS) is 1. The SMILES string of the molecule is CC(NC(=O)C(Cc1cnc[nH]1)NC(=O)C(N)Cc1ccccc1)C(=O)N1CCCC1C(=O)O. The summed E-state index contributed by atoms with van der Waals surface area (Å²) in [6, 6.07) is 5.52. The van der Waals surface area contributed by atoms with Crippen LogP contribution in [-0.2, 0) is 32.0 Å². The average molecular weight is 471 g/mol. The van der Waals surface area contributed by atoms with Gasteiger partial charge in [-0.3, -0.25) is 14.4 Å². The number of nitrogens with one attached hydrogen (secondary N) is 3. The Bertz CT molecular complexity index is 997. The Labute approximate surface area is 197 Å². The standard InChI is InChI=1S/C23H30N6O5/c1-14(22(32)29-9-5-8-19(29)23(33)34)27-21(31)18(11-16-12-25-13-26-16)28-20(30)17(24)10-15-6-3-2-4-7-15/h2-4,6-7,12-14,17-19H,5,8-11,24H2,1H3,(H,25,26)(H,27,31)(H,28,30)(H,33,34). The number of rotatable bonds is 10. The summed E-state index contributed by atoms with van der Waals surface area (Å²) < 4.78 is 0. The molecular formula is C23H30N6O5. The first kappa shape index (κ1) is 24.9. The number of hydrogen-bond acceptors (Lipinski definition) is 6. The molecule has 2 heterocycles. The average Bonchev–Trinajstić information content (AvgIpc) is 3.51. The minimum atomic E-state index is -1.07. The topological polar surface area (TPSA) is 171 Å². The molecule has 182 valence electrons. The molecule has 4 atom stereocenters. The van der Waals surface area contributed by atoms with E-state index in [9.17, 15) is 24.3 Å². The van der Waals surface area contributed by atoms with Crippen LogP contribution in [0.4, 0.5) is 0 Å². The van der Waals surface area contributed by atoms with E-state index in [1.54, 1.807) is 0 Å². The van der Waals surface area contributed by atoms with Gasteiger partial charge in [0.05, 0.1) is 12.4 Å². The molecule has 3 rings (SSSR count). The molecule has 1 aliphatic heterocycles. The van der Waals surface area contributed by atoms with E-state index in [1.165, 1.54) is 24.3 Å². The molecule has 4 unspecified atom stereocenters. The molecule has 1 aliphatic rings. The van der Waals surface area contributed by atoms with Crippen molar-refractivity contribution in [3.63, 3.8) is 0 Å². The number of carbonyl (C=O) groups excluding carboxylic acids is 3. The van der Waals surface area contributed by atoms with Gasteiger partial charge < -0.3 is 31.4 Å². The van der Waals surface area contributed by atoms with E-state index in [0.29, 0.717) is 31.5 Å². The van der Waals surface area contributed by atoms with Crippen molar-refractivity contribution in [3.05, 3.63) is 54.1 Å². The minimum absolute atomic E-state index is 0.109. The van der Waals surface area contributed by atoms with Crippen molar-refractivity contribution >= 4 is 23.7 Å². The number of imidazole rings is 1. The normalized spacial score (nSPS) is 18.1. The van der Waals surface area contributed by atoms with Gasteiger partial charge in [-0.15, -0.1) is 0 Å². The number of aromatic nitrogens is 2. The first-order valence-corrected chi connectivity index (χ1v) is 11.2. The molecule has 2 aromatic rings. The van der Waals surface area contributed by atoms with Gasteiger partial charge in [0.25, 0.3) is 0 Å². The lowest BCUT2D eigenvalue weighted by Gasteiger charge is -2.27. The Hall–Kier alpha value is -3.73. The highest BCUT2D eigenvalue weighted by molar-refractivity contribution is 5.94. The van der Waals surface area contributed by atoms with Crippen LogP contribution >= 0.6 is 0 Å². The van der Waals surface area contributed by atoms with Crippen molar-refractivity contribution in [1.82, 2.24) is 25.5 Å². The fourth-order valence-electron chi connectivity index (χ4n) is 3.98. The van der Waals surface area contributed by atoms with Gasteiger partial charge in [-0.1, -0.05) is 30.3 Å². The number of aromatic amines is 1. The van der Waals surface area contributed by atoms with Crippen LogP contribution < -0.4 is 16.4 Å². The predicted molar refractivity (Wildman–Crippen MR) is 122 cm³/mol. The largest absolute Gasteiger partial charge is 0.480 e. The van der Waals surface area contributed by atoms with Crippen molar-refractivity contribution in [2.45, 2.75) is 56.8 Å². The summed E-state index contributed by atoms with van der Waals surface area (Å²) in [6.07, 6.45) is 4.36. The first-order valence-electron chi connectivity index (χ1n) is 11.2. The van der Waals surface area contributed by atoms with Crippen molar-refractivity contribution in [2.24, 2.45) is 5.73 Å². The number of carbonyl (C=O) groups is 4. The van der Waals surface area contributed by atoms with E-state index in [-0.39, 0.29) is 6.42 Å². The van der Waals surface area contributed by atoms with Crippen LogP contribution in [-0.4, -0.2) is 74.4 Å². The Balaban J connectivity index is 1.65. The summed E-state index contributed by atoms with van der Waals surface area (Å²) in [7, 11) is 0. The second kappa shape index (κ2) is 11.4. The highest BCUT2D eigenvalue weighted by Crippen LogP contribution is 2.18. The van der Waals surface area contributed by atoms with Crippen LogP contribution in [0.2, 0.25) is 0 Å². The van der Waals surface area contributed by atoms with Gasteiger partial charge in [0.2, 0.25) is 17.7 Å². The maximum atomic E-state index is 13.0. The number of carboxylic acids is 1. The molecule has 11 heteroatoms. The summed E-state index contributed by atoms with van der Waals surface area (Å²) in [4.78, 5) is 58.1. The lowest BCUT2D eigenvalue weighted by molar-refractivity contribution is -0.149. The third kappa shape index (κ3) is 6.41. The molecule has 1 saturated heterocycles. The highest BCUT2D eigenvalue weighted by Gasteiger charge is 2.37. The Morgan fingerprint density at radius 1 is 1.18 bits per heavy atom. The van der Waals surface area contributed by atoms with Crippen molar-refractivity contribution in [1.29, 1.82) is 0 Å². The van der Waals surface area contributed by atoms with E-state index in [4.69, 9.17) is 5.73 Å². The van der Waals surface area contributed by atoms with Gasteiger partial charge >= 0.3 is 5.97 Å². The van der Waals surface area contributed by atoms with E-state index < -0.39 is 47.9 Å². The summed E-state index contributed by atoms with van der Waals surface area (Å²) in [6.45, 7) is 1.81. The lowest BCUT2D eigenvalue weighted by Crippen LogP contribution is -2.57. The van der Waals surface area contributed by atoms with Crippen LogP contribution in [0.15, 0.2) is 42.9 Å². The van der Waals surface area contributed by atoms with Crippen LogP contribution in [0.25, 0.3) is 0 Å². The van der Waals surface area contributed by atoms with Crippen LogP contribution in [0.5, 0.6) is 0 Å². The van der Waals surface area contributed by atoms with Gasteiger partial charge in [-0.05, 0) is 31.7 Å². The minimum Gasteiger partial charge on any atom is -0.480 e. The number of amides is 3. The summed E-state index contributed by atoms with van der Waals surface area (Å²) in [5, 5.41) is 14.6. The Morgan fingerprint density at radius 3 is 2.56 bits per heavy atom. The van der Waals surface area contributed by atoms with Crippen molar-refractivity contribution < 1.29 is 24.3 Å². The van der Waals surface area contributed by atoms with E-state index in [0.717, 1.165) is 5.56 Å². The number of benzene rings is 1. The maximum absolute atomic E-state index is 13.0. The Kier molecular flexibility index (Phi) is 8.36. The number of H-pyrrole nitrogens is 1. The van der Waals surface area contributed by atoms with Crippen molar-refractivity contribution in [2.75, 3.05) is 6.54 Å². The Morgan fingerprint density at radius 2 is 1.91 bits per heavy atom. The number of likely N-dealkylation sites (tertiary alicyclic amines) is 1. The fraction of sp³-hybridized carbons (Fsp3) is 0.435. The highest BCUT2D eigenvalue weighted by atomic mass is 16.4.